The van der Waals surface area contributed by atoms with E-state index in [4.69, 9.17) is 5.73 Å². The Hall–Kier alpha value is -0.890. The van der Waals surface area contributed by atoms with E-state index in [1.807, 2.05) is 6.07 Å². The molecule has 0 radical (unpaired) electrons. The second-order valence-electron chi connectivity index (χ2n) is 4.28. The summed E-state index contributed by atoms with van der Waals surface area (Å²) in [6, 6.07) is 4.04. The smallest absolute Gasteiger partial charge is 0.129 e. The van der Waals surface area contributed by atoms with Crippen molar-refractivity contribution in [1.29, 1.82) is 0 Å². The van der Waals surface area contributed by atoms with Crippen molar-refractivity contribution in [3.63, 3.8) is 0 Å². The first-order chi connectivity index (χ1) is 7.33. The van der Waals surface area contributed by atoms with Gasteiger partial charge in [-0.2, -0.15) is 0 Å². The Balaban J connectivity index is 2.26. The third-order valence-electron chi connectivity index (χ3n) is 3.19. The van der Waals surface area contributed by atoms with Crippen molar-refractivity contribution >= 4 is 0 Å². The monoisotopic (exact) mass is 207 g/mol. The van der Waals surface area contributed by atoms with Crippen molar-refractivity contribution in [1.82, 2.24) is 0 Å². The molecule has 2 N–H and O–H groups in total. The van der Waals surface area contributed by atoms with Crippen molar-refractivity contribution in [3.05, 3.63) is 34.6 Å². The van der Waals surface area contributed by atoms with Gasteiger partial charge in [-0.25, -0.2) is 4.39 Å². The lowest BCUT2D eigenvalue weighted by Gasteiger charge is -2.18. The van der Waals surface area contributed by atoms with Crippen LogP contribution in [-0.2, 0) is 19.3 Å². The van der Waals surface area contributed by atoms with Gasteiger partial charge in [0, 0.05) is 0 Å². The van der Waals surface area contributed by atoms with Crippen molar-refractivity contribution in [2.75, 3.05) is 6.54 Å². The number of rotatable bonds is 3. The summed E-state index contributed by atoms with van der Waals surface area (Å²) < 4.78 is 14.0. The zero-order chi connectivity index (χ0) is 10.7. The Bertz CT molecular complexity index is 347. The summed E-state index contributed by atoms with van der Waals surface area (Å²) in [5, 5.41) is 0. The predicted molar refractivity (Wildman–Crippen MR) is 60.4 cm³/mol. The van der Waals surface area contributed by atoms with E-state index in [9.17, 15) is 4.39 Å². The molecule has 15 heavy (non-hydrogen) atoms. The highest BCUT2D eigenvalue weighted by Gasteiger charge is 2.15. The summed E-state index contributed by atoms with van der Waals surface area (Å²) in [6.07, 6.45) is 5.94. The van der Waals surface area contributed by atoms with Gasteiger partial charge in [-0.3, -0.25) is 0 Å². The van der Waals surface area contributed by atoms with Crippen LogP contribution in [0.1, 0.15) is 36.0 Å². The number of hydrogen-bond donors (Lipinski definition) is 1. The van der Waals surface area contributed by atoms with Crippen molar-refractivity contribution in [3.8, 4) is 0 Å². The van der Waals surface area contributed by atoms with E-state index in [1.165, 1.54) is 12.0 Å². The molecular formula is C13H18FN. The molecule has 0 atom stereocenters. The molecule has 1 aromatic rings. The van der Waals surface area contributed by atoms with Crippen LogP contribution in [0.4, 0.5) is 4.39 Å². The van der Waals surface area contributed by atoms with Gasteiger partial charge in [-0.1, -0.05) is 12.1 Å². The number of hydrogen-bond acceptors (Lipinski definition) is 1. The molecule has 82 valence electrons. The minimum atomic E-state index is 0.0423. The molecule has 0 bridgehead atoms. The largest absolute Gasteiger partial charge is 0.330 e. The van der Waals surface area contributed by atoms with Gasteiger partial charge in [0.2, 0.25) is 0 Å². The number of fused-ring (bicyclic) bond motifs is 1. The van der Waals surface area contributed by atoms with E-state index in [0.717, 1.165) is 43.2 Å². The minimum absolute atomic E-state index is 0.0423. The van der Waals surface area contributed by atoms with Crippen LogP contribution in [0.2, 0.25) is 0 Å². The average Bonchev–Trinajstić information content (AvgIpc) is 2.29. The Morgan fingerprint density at radius 2 is 2.00 bits per heavy atom. The van der Waals surface area contributed by atoms with Crippen LogP contribution in [0.3, 0.4) is 0 Å². The molecular weight excluding hydrogens is 189 g/mol. The topological polar surface area (TPSA) is 26.0 Å². The molecule has 0 saturated heterocycles. The van der Waals surface area contributed by atoms with Crippen LogP contribution >= 0.6 is 0 Å². The van der Waals surface area contributed by atoms with E-state index in [0.29, 0.717) is 6.54 Å². The fourth-order valence-corrected chi connectivity index (χ4v) is 2.32. The van der Waals surface area contributed by atoms with E-state index in [1.54, 1.807) is 0 Å². The first-order valence-electron chi connectivity index (χ1n) is 5.82. The molecule has 2 rings (SSSR count). The Morgan fingerprint density at radius 1 is 1.20 bits per heavy atom. The quantitative estimate of drug-likeness (QED) is 0.810. The first kappa shape index (κ1) is 10.6. The van der Waals surface area contributed by atoms with Crippen molar-refractivity contribution in [2.45, 2.75) is 38.5 Å². The number of aryl methyl sites for hydroxylation is 2. The molecule has 1 aliphatic carbocycles. The lowest BCUT2D eigenvalue weighted by Crippen LogP contribution is -2.09. The molecule has 2 heteroatoms. The zero-order valence-electron chi connectivity index (χ0n) is 9.06. The van der Waals surface area contributed by atoms with Crippen LogP contribution in [-0.4, -0.2) is 6.54 Å². The normalized spacial score (nSPS) is 15.1. The molecule has 0 fully saturated rings. The number of nitrogens with two attached hydrogens (primary N) is 1. The molecule has 1 aliphatic rings. The Labute approximate surface area is 90.5 Å². The van der Waals surface area contributed by atoms with E-state index >= 15 is 0 Å². The molecule has 0 spiro atoms. The fourth-order valence-electron chi connectivity index (χ4n) is 2.32. The van der Waals surface area contributed by atoms with Gasteiger partial charge in [0.1, 0.15) is 5.82 Å². The van der Waals surface area contributed by atoms with Gasteiger partial charge in [-0.15, -0.1) is 0 Å². The van der Waals surface area contributed by atoms with Crippen LogP contribution in [0.15, 0.2) is 12.1 Å². The van der Waals surface area contributed by atoms with Crippen molar-refractivity contribution in [2.24, 2.45) is 5.73 Å². The van der Waals surface area contributed by atoms with E-state index < -0.39 is 0 Å². The van der Waals surface area contributed by atoms with Crippen LogP contribution in [0.5, 0.6) is 0 Å². The Morgan fingerprint density at radius 3 is 2.80 bits per heavy atom. The van der Waals surface area contributed by atoms with E-state index in [2.05, 4.69) is 6.07 Å². The van der Waals surface area contributed by atoms with Crippen LogP contribution in [0.25, 0.3) is 0 Å². The van der Waals surface area contributed by atoms with E-state index in [-0.39, 0.29) is 5.82 Å². The highest BCUT2D eigenvalue weighted by Crippen LogP contribution is 2.26. The summed E-state index contributed by atoms with van der Waals surface area (Å²) in [4.78, 5) is 0. The molecule has 1 nitrogen and oxygen atoms in total. The number of halogens is 1. The second-order valence-corrected chi connectivity index (χ2v) is 4.28. The Kier molecular flexibility index (Phi) is 3.37. The second kappa shape index (κ2) is 4.75. The lowest BCUT2D eigenvalue weighted by molar-refractivity contribution is 0.562. The highest BCUT2D eigenvalue weighted by molar-refractivity contribution is 5.35. The first-order valence-corrected chi connectivity index (χ1v) is 5.82. The number of benzene rings is 1. The average molecular weight is 207 g/mol. The van der Waals surface area contributed by atoms with Gasteiger partial charge in [0.15, 0.2) is 0 Å². The molecule has 0 aliphatic heterocycles. The van der Waals surface area contributed by atoms with Gasteiger partial charge in [-0.05, 0) is 61.8 Å². The van der Waals surface area contributed by atoms with Gasteiger partial charge < -0.3 is 5.73 Å². The molecule has 0 heterocycles. The third-order valence-corrected chi connectivity index (χ3v) is 3.19. The maximum absolute atomic E-state index is 14.0. The van der Waals surface area contributed by atoms with Gasteiger partial charge in [0.05, 0.1) is 0 Å². The van der Waals surface area contributed by atoms with Crippen LogP contribution < -0.4 is 5.73 Å². The lowest BCUT2D eigenvalue weighted by atomic mass is 9.89. The predicted octanol–water partition coefficient (Wildman–Crippen LogP) is 2.60. The summed E-state index contributed by atoms with van der Waals surface area (Å²) >= 11 is 0. The summed E-state index contributed by atoms with van der Waals surface area (Å²) in [5.41, 5.74) is 8.48. The summed E-state index contributed by atoms with van der Waals surface area (Å²) in [6.45, 7) is 0.635. The maximum Gasteiger partial charge on any atom is 0.129 e. The zero-order valence-corrected chi connectivity index (χ0v) is 9.06. The van der Waals surface area contributed by atoms with Gasteiger partial charge >= 0.3 is 0 Å². The van der Waals surface area contributed by atoms with Crippen molar-refractivity contribution < 1.29 is 4.39 Å². The molecule has 0 saturated carbocycles. The van der Waals surface area contributed by atoms with Crippen LogP contribution in [0, 0.1) is 5.82 Å². The fraction of sp³-hybridized carbons (Fsp3) is 0.538. The SMILES string of the molecule is NCCCc1ccc2c(c1F)CCCC2. The third kappa shape index (κ3) is 2.20. The minimum Gasteiger partial charge on any atom is -0.330 e. The summed E-state index contributed by atoms with van der Waals surface area (Å²) in [7, 11) is 0. The standard InChI is InChI=1S/C13H18FN/c14-13-11(5-3-9-15)8-7-10-4-1-2-6-12(10)13/h7-8H,1-6,9,15H2. The highest BCUT2D eigenvalue weighted by atomic mass is 19.1. The molecule has 1 aromatic carbocycles. The molecule has 0 amide bonds. The molecule has 0 unspecified atom stereocenters. The summed E-state index contributed by atoms with van der Waals surface area (Å²) in [5.74, 6) is 0.0423. The van der Waals surface area contributed by atoms with Gasteiger partial charge in [0.25, 0.3) is 0 Å². The molecule has 0 aromatic heterocycles. The maximum atomic E-state index is 14.0.